The number of carbonyl (C=O) groups is 1. The summed E-state index contributed by atoms with van der Waals surface area (Å²) in [5.41, 5.74) is 2.29. The van der Waals surface area contributed by atoms with E-state index in [0.717, 1.165) is 36.9 Å². The van der Waals surface area contributed by atoms with E-state index in [9.17, 15) is 13.2 Å². The third-order valence-corrected chi connectivity index (χ3v) is 8.03. The van der Waals surface area contributed by atoms with Crippen LogP contribution in [0, 0.1) is 5.92 Å². The van der Waals surface area contributed by atoms with Gasteiger partial charge in [0.05, 0.1) is 17.6 Å². The second-order valence-electron chi connectivity index (χ2n) is 8.14. The molecule has 0 radical (unpaired) electrons. The third-order valence-electron chi connectivity index (χ3n) is 6.14. The van der Waals surface area contributed by atoms with E-state index in [0.29, 0.717) is 31.3 Å². The maximum Gasteiger partial charge on any atom is 0.262 e. The number of methoxy groups -OCH3 is 1. The number of anilines is 1. The minimum Gasteiger partial charge on any atom is -0.496 e. The number of amides is 1. The van der Waals surface area contributed by atoms with Gasteiger partial charge in [-0.1, -0.05) is 25.1 Å². The Morgan fingerprint density at radius 3 is 2.53 bits per heavy atom. The lowest BCUT2D eigenvalue weighted by atomic mass is 10.0. The fourth-order valence-corrected chi connectivity index (χ4v) is 5.78. The summed E-state index contributed by atoms with van der Waals surface area (Å²) in [7, 11) is -2.15. The average Bonchev–Trinajstić information content (AvgIpc) is 2.78. The number of nitrogens with zero attached hydrogens (tertiary/aromatic N) is 2. The third kappa shape index (κ3) is 3.84. The van der Waals surface area contributed by atoms with Crippen LogP contribution in [0.1, 0.15) is 42.1 Å². The van der Waals surface area contributed by atoms with Crippen LogP contribution in [-0.2, 0) is 16.4 Å². The first-order chi connectivity index (χ1) is 14.4. The molecule has 30 heavy (non-hydrogen) atoms. The van der Waals surface area contributed by atoms with Crippen molar-refractivity contribution in [1.29, 1.82) is 0 Å². The molecule has 2 aromatic carbocycles. The van der Waals surface area contributed by atoms with Gasteiger partial charge < -0.3 is 9.64 Å². The highest BCUT2D eigenvalue weighted by molar-refractivity contribution is 7.89. The van der Waals surface area contributed by atoms with Gasteiger partial charge in [0.25, 0.3) is 5.91 Å². The normalized spacial score (nSPS) is 18.1. The minimum absolute atomic E-state index is 0.145. The number of piperidine rings is 1. The number of carbonyl (C=O) groups excluding carboxylic acids is 1. The summed E-state index contributed by atoms with van der Waals surface area (Å²) < 4.78 is 33.4. The van der Waals surface area contributed by atoms with E-state index in [1.807, 2.05) is 24.3 Å². The van der Waals surface area contributed by atoms with Crippen LogP contribution in [-0.4, -0.2) is 45.4 Å². The molecule has 1 amide bonds. The highest BCUT2D eigenvalue weighted by Crippen LogP contribution is 2.32. The van der Waals surface area contributed by atoms with Gasteiger partial charge in [-0.3, -0.25) is 4.79 Å². The molecule has 1 fully saturated rings. The maximum atomic E-state index is 13.5. The van der Waals surface area contributed by atoms with Crippen molar-refractivity contribution in [3.63, 3.8) is 0 Å². The largest absolute Gasteiger partial charge is 0.496 e. The van der Waals surface area contributed by atoms with Crippen LogP contribution in [0.15, 0.2) is 47.4 Å². The minimum atomic E-state index is -3.65. The molecule has 0 aliphatic carbocycles. The number of hydrogen-bond acceptors (Lipinski definition) is 4. The van der Waals surface area contributed by atoms with Gasteiger partial charge in [-0.05, 0) is 61.4 Å². The number of ether oxygens (including phenoxy) is 1. The molecule has 160 valence electrons. The van der Waals surface area contributed by atoms with Gasteiger partial charge in [-0.2, -0.15) is 4.31 Å². The zero-order valence-corrected chi connectivity index (χ0v) is 18.3. The zero-order chi connectivity index (χ0) is 21.3. The van der Waals surface area contributed by atoms with E-state index in [-0.39, 0.29) is 16.4 Å². The Balaban J connectivity index is 1.70. The molecule has 0 bridgehead atoms. The van der Waals surface area contributed by atoms with Crippen LogP contribution in [0.2, 0.25) is 0 Å². The van der Waals surface area contributed by atoms with E-state index < -0.39 is 10.0 Å². The Labute approximate surface area is 178 Å². The molecule has 0 atom stereocenters. The Hall–Kier alpha value is -2.38. The first-order valence-corrected chi connectivity index (χ1v) is 11.9. The van der Waals surface area contributed by atoms with Gasteiger partial charge >= 0.3 is 0 Å². The van der Waals surface area contributed by atoms with Crippen molar-refractivity contribution in [2.24, 2.45) is 5.92 Å². The second-order valence-corrected chi connectivity index (χ2v) is 10.1. The lowest BCUT2D eigenvalue weighted by molar-refractivity contribution is 0.0982. The van der Waals surface area contributed by atoms with Gasteiger partial charge in [0.15, 0.2) is 0 Å². The molecule has 6 nitrogen and oxygen atoms in total. The molecule has 0 saturated carbocycles. The summed E-state index contributed by atoms with van der Waals surface area (Å²) in [5, 5.41) is 0. The fourth-order valence-electron chi connectivity index (χ4n) is 4.28. The quantitative estimate of drug-likeness (QED) is 0.745. The molecule has 4 rings (SSSR count). The van der Waals surface area contributed by atoms with Crippen LogP contribution in [0.5, 0.6) is 5.75 Å². The van der Waals surface area contributed by atoms with Crippen molar-refractivity contribution in [1.82, 2.24) is 4.31 Å². The number of rotatable bonds is 4. The summed E-state index contributed by atoms with van der Waals surface area (Å²) >= 11 is 0. The van der Waals surface area contributed by atoms with E-state index in [2.05, 4.69) is 6.92 Å². The molecule has 0 N–H and O–H groups in total. The van der Waals surface area contributed by atoms with E-state index in [4.69, 9.17) is 4.74 Å². The van der Waals surface area contributed by atoms with Gasteiger partial charge in [0, 0.05) is 25.3 Å². The summed E-state index contributed by atoms with van der Waals surface area (Å²) in [6, 6.07) is 12.5. The van der Waals surface area contributed by atoms with Gasteiger partial charge in [0.1, 0.15) is 5.75 Å². The van der Waals surface area contributed by atoms with Gasteiger partial charge in [0.2, 0.25) is 10.0 Å². The van der Waals surface area contributed by atoms with Crippen LogP contribution in [0.3, 0.4) is 0 Å². The number of benzene rings is 2. The van der Waals surface area contributed by atoms with Crippen molar-refractivity contribution in [2.75, 3.05) is 31.6 Å². The molecule has 2 heterocycles. The summed E-state index contributed by atoms with van der Waals surface area (Å²) in [6.07, 6.45) is 3.51. The SMILES string of the molecule is COc1ccc(S(=O)(=O)N2CCC(C)CC2)cc1C(=O)N1CCCc2ccccc21. The average molecular weight is 429 g/mol. The number of hydrogen-bond donors (Lipinski definition) is 0. The van der Waals surface area contributed by atoms with Crippen LogP contribution in [0.4, 0.5) is 5.69 Å². The van der Waals surface area contributed by atoms with Crippen LogP contribution < -0.4 is 9.64 Å². The zero-order valence-electron chi connectivity index (χ0n) is 17.5. The predicted molar refractivity (Wildman–Crippen MR) is 117 cm³/mol. The number of para-hydroxylation sites is 1. The summed E-state index contributed by atoms with van der Waals surface area (Å²) in [5.74, 6) is 0.682. The molecule has 0 aromatic heterocycles. The van der Waals surface area contributed by atoms with Crippen LogP contribution >= 0.6 is 0 Å². The van der Waals surface area contributed by atoms with E-state index in [1.165, 1.54) is 23.5 Å². The van der Waals surface area contributed by atoms with E-state index >= 15 is 0 Å². The van der Waals surface area contributed by atoms with Crippen molar-refractivity contribution >= 4 is 21.6 Å². The van der Waals surface area contributed by atoms with Crippen molar-refractivity contribution in [3.05, 3.63) is 53.6 Å². The van der Waals surface area contributed by atoms with Crippen molar-refractivity contribution in [3.8, 4) is 5.75 Å². The molecule has 0 spiro atoms. The molecule has 2 aliphatic heterocycles. The smallest absolute Gasteiger partial charge is 0.262 e. The Morgan fingerprint density at radius 2 is 1.80 bits per heavy atom. The molecule has 2 aliphatic rings. The topological polar surface area (TPSA) is 66.9 Å². The number of sulfonamides is 1. The molecular formula is C23H28N2O4S. The first kappa shape index (κ1) is 20.9. The highest BCUT2D eigenvalue weighted by Gasteiger charge is 2.31. The first-order valence-electron chi connectivity index (χ1n) is 10.5. The maximum absolute atomic E-state index is 13.5. The Kier molecular flexibility index (Phi) is 5.84. The summed E-state index contributed by atoms with van der Waals surface area (Å²) in [6.45, 7) is 3.77. The predicted octanol–water partition coefficient (Wildman–Crippen LogP) is 3.71. The molecule has 0 unspecified atom stereocenters. The van der Waals surface area contributed by atoms with Gasteiger partial charge in [-0.25, -0.2) is 8.42 Å². The van der Waals surface area contributed by atoms with Gasteiger partial charge in [-0.15, -0.1) is 0 Å². The highest BCUT2D eigenvalue weighted by atomic mass is 32.2. The molecule has 2 aromatic rings. The fraction of sp³-hybridized carbons (Fsp3) is 0.435. The monoisotopic (exact) mass is 428 g/mol. The molecule has 7 heteroatoms. The molecular weight excluding hydrogens is 400 g/mol. The van der Waals surface area contributed by atoms with Crippen molar-refractivity contribution < 1.29 is 17.9 Å². The lowest BCUT2D eigenvalue weighted by Crippen LogP contribution is -2.38. The standard InChI is InChI=1S/C23H28N2O4S/c1-17-11-14-24(15-12-17)30(27,28)19-9-10-22(29-2)20(16-19)23(26)25-13-5-7-18-6-3-4-8-21(18)25/h3-4,6,8-10,16-17H,5,7,11-15H2,1-2H3. The van der Waals surface area contributed by atoms with E-state index in [1.54, 1.807) is 11.0 Å². The second kappa shape index (κ2) is 8.40. The lowest BCUT2D eigenvalue weighted by Gasteiger charge is -2.31. The summed E-state index contributed by atoms with van der Waals surface area (Å²) in [4.78, 5) is 15.4. The Morgan fingerprint density at radius 1 is 1.07 bits per heavy atom. The number of aryl methyl sites for hydroxylation is 1. The van der Waals surface area contributed by atoms with Crippen molar-refractivity contribution in [2.45, 2.75) is 37.5 Å². The molecule has 1 saturated heterocycles. The number of fused-ring (bicyclic) bond motifs is 1. The van der Waals surface area contributed by atoms with Crippen LogP contribution in [0.25, 0.3) is 0 Å². The Bertz CT molecular complexity index is 1040.